The molecule has 0 aromatic heterocycles. The summed E-state index contributed by atoms with van der Waals surface area (Å²) in [4.78, 5) is 0. The van der Waals surface area contributed by atoms with Crippen molar-refractivity contribution in [2.45, 2.75) is 54.7 Å². The first-order valence-electron chi connectivity index (χ1n) is 7.59. The normalized spacial score (nSPS) is 18.2. The minimum atomic E-state index is -3.09. The van der Waals surface area contributed by atoms with Gasteiger partial charge >= 0.3 is 122 Å². The van der Waals surface area contributed by atoms with Crippen LogP contribution >= 0.6 is 24.8 Å². The van der Waals surface area contributed by atoms with Gasteiger partial charge in [-0.15, -0.1) is 24.8 Å². The standard InChI is InChI=1S/C6H7.C5H5.2C3H7.2ClH.H2Si.Zr/c1-6-4-2-3-5-6;1-2-4-5-3-1;2*1-3-2;;;;/h2,4H,3H2,1H3;1-3H,4H2;2*3H,1-2H3;2*1H;1H2;. The molecule has 0 aromatic rings. The molecule has 0 aliphatic heterocycles. The Morgan fingerprint density at radius 1 is 1.00 bits per heavy atom. The predicted molar refractivity (Wildman–Crippen MR) is 102 cm³/mol. The second-order valence-corrected chi connectivity index (χ2v) is 32.8. The van der Waals surface area contributed by atoms with Crippen molar-refractivity contribution >= 4 is 31.7 Å². The molecule has 0 saturated heterocycles. The van der Waals surface area contributed by atoms with Crippen LogP contribution in [0, 0.1) is 0 Å². The Bertz CT molecular complexity index is 566. The predicted octanol–water partition coefficient (Wildman–Crippen LogP) is 5.80. The van der Waals surface area contributed by atoms with Crippen LogP contribution in [-0.2, 0) is 17.4 Å². The van der Waals surface area contributed by atoms with E-state index < -0.39 is 17.4 Å². The van der Waals surface area contributed by atoms with E-state index >= 15 is 0 Å². The number of rotatable bonds is 4. The minimum Gasteiger partial charge on any atom is -0.147 e. The molecule has 0 radical (unpaired) electrons. The Kier molecular flexibility index (Phi) is 7.70. The summed E-state index contributed by atoms with van der Waals surface area (Å²) in [5.41, 5.74) is 1.58. The molecule has 120 valence electrons. The Morgan fingerprint density at radius 3 is 1.90 bits per heavy atom. The fourth-order valence-electron chi connectivity index (χ4n) is 4.51. The molecule has 0 saturated carbocycles. The second kappa shape index (κ2) is 7.47. The van der Waals surface area contributed by atoms with Crippen molar-refractivity contribution in [3.63, 3.8) is 0 Å². The number of hydrogen-bond donors (Lipinski definition) is 0. The third kappa shape index (κ3) is 2.91. The maximum atomic E-state index is 2.50. The van der Waals surface area contributed by atoms with E-state index in [1.165, 1.54) is 12.8 Å². The molecule has 0 spiro atoms. The van der Waals surface area contributed by atoms with Gasteiger partial charge < -0.3 is 0 Å². The molecule has 2 rings (SSSR count). The van der Waals surface area contributed by atoms with E-state index in [2.05, 4.69) is 71.9 Å². The van der Waals surface area contributed by atoms with Gasteiger partial charge in [-0.25, -0.2) is 0 Å². The van der Waals surface area contributed by atoms with Gasteiger partial charge in [0.15, 0.2) is 0 Å². The Labute approximate surface area is 145 Å². The van der Waals surface area contributed by atoms with Crippen molar-refractivity contribution in [3.8, 4) is 0 Å². The van der Waals surface area contributed by atoms with Gasteiger partial charge in [0.05, 0.1) is 0 Å². The zero-order valence-corrected chi connectivity index (χ0v) is 19.5. The molecule has 0 unspecified atom stereocenters. The third-order valence-corrected chi connectivity index (χ3v) is 43.5. The van der Waals surface area contributed by atoms with Crippen LogP contribution in [0.2, 0.25) is 7.25 Å². The van der Waals surface area contributed by atoms with Crippen LogP contribution in [0.5, 0.6) is 0 Å². The van der Waals surface area contributed by atoms with Gasteiger partial charge in [-0.2, -0.15) is 0 Å². The van der Waals surface area contributed by atoms with Crippen molar-refractivity contribution in [2.75, 3.05) is 0 Å². The van der Waals surface area contributed by atoms with Crippen LogP contribution in [0.1, 0.15) is 47.5 Å². The molecule has 0 amide bonds. The Morgan fingerprint density at radius 2 is 1.57 bits per heavy atom. The van der Waals surface area contributed by atoms with Crippen molar-refractivity contribution in [1.82, 2.24) is 0 Å². The zero-order chi connectivity index (χ0) is 14.3. The van der Waals surface area contributed by atoms with Gasteiger partial charge in [0.2, 0.25) is 0 Å². The molecule has 0 heterocycles. The molecule has 0 nitrogen and oxygen atoms in total. The summed E-state index contributed by atoms with van der Waals surface area (Å²) < 4.78 is 5.31. The smallest absolute Gasteiger partial charge is 0.147 e. The Hall–Kier alpha value is 0.640. The van der Waals surface area contributed by atoms with Gasteiger partial charge in [-0.1, -0.05) is 0 Å². The van der Waals surface area contributed by atoms with E-state index in [1.807, 2.05) is 6.56 Å². The molecule has 21 heavy (non-hydrogen) atoms. The molecular weight excluding hydrogens is 394 g/mol. The SMILES string of the molecule is CC1=[C]([Zr](=[SiH2])([C]2=CC=CC2)([CH](C)C)[CH](C)C)CC=C1.Cl.Cl. The van der Waals surface area contributed by atoms with Crippen molar-refractivity contribution in [2.24, 2.45) is 0 Å². The fraction of sp³-hybridized carbons (Fsp3) is 0.529. The van der Waals surface area contributed by atoms with Crippen LogP contribution in [0.15, 0.2) is 42.5 Å². The van der Waals surface area contributed by atoms with E-state index in [0.717, 1.165) is 7.25 Å². The maximum Gasteiger partial charge on any atom is -0.147 e. The molecule has 0 aromatic carbocycles. The first-order chi connectivity index (χ1) is 8.83. The largest absolute Gasteiger partial charge is 0.147 e. The first-order valence-corrected chi connectivity index (χ1v) is 18.8. The molecule has 4 heteroatoms. The quantitative estimate of drug-likeness (QED) is 0.500. The topological polar surface area (TPSA) is 0 Å². The summed E-state index contributed by atoms with van der Waals surface area (Å²) >= 11 is -3.09. The summed E-state index contributed by atoms with van der Waals surface area (Å²) in [5, 5.41) is 0. The third-order valence-electron chi connectivity index (χ3n) is 6.05. The summed E-state index contributed by atoms with van der Waals surface area (Å²) in [7, 11) is 0. The fourth-order valence-corrected chi connectivity index (χ4v) is 26.5. The second-order valence-electron chi connectivity index (χ2n) is 7.03. The van der Waals surface area contributed by atoms with Crippen LogP contribution in [0.4, 0.5) is 0 Å². The molecular formula is C17H30Cl2SiZr. The van der Waals surface area contributed by atoms with Gasteiger partial charge in [-0.3, -0.25) is 0 Å². The number of allylic oxidation sites excluding steroid dienone is 8. The van der Waals surface area contributed by atoms with Crippen molar-refractivity contribution in [3.05, 3.63) is 42.5 Å². The maximum absolute atomic E-state index is 3.09. The van der Waals surface area contributed by atoms with Gasteiger partial charge in [0.25, 0.3) is 0 Å². The van der Waals surface area contributed by atoms with Gasteiger partial charge in [0, 0.05) is 0 Å². The monoisotopic (exact) mass is 422 g/mol. The zero-order valence-electron chi connectivity index (χ0n) is 14.0. The van der Waals surface area contributed by atoms with Crippen LogP contribution in [0.25, 0.3) is 0 Å². The van der Waals surface area contributed by atoms with Gasteiger partial charge in [0.1, 0.15) is 0 Å². The number of hydrogen-bond acceptors (Lipinski definition) is 0. The molecule has 0 bridgehead atoms. The molecule has 0 fully saturated rings. The summed E-state index contributed by atoms with van der Waals surface area (Å²) in [5.74, 6) is 0. The molecule has 2 aliphatic carbocycles. The van der Waals surface area contributed by atoms with E-state index in [1.54, 1.807) is 5.57 Å². The van der Waals surface area contributed by atoms with E-state index in [4.69, 9.17) is 0 Å². The Balaban J connectivity index is 0.00000200. The summed E-state index contributed by atoms with van der Waals surface area (Å²) in [6.07, 6.45) is 14.3. The van der Waals surface area contributed by atoms with E-state index in [0.29, 0.717) is 0 Å². The average molecular weight is 425 g/mol. The molecule has 0 N–H and O–H groups in total. The summed E-state index contributed by atoms with van der Waals surface area (Å²) in [6, 6.07) is 0. The first kappa shape index (κ1) is 21.6. The summed E-state index contributed by atoms with van der Waals surface area (Å²) in [6.45, 7) is 14.8. The van der Waals surface area contributed by atoms with Crippen molar-refractivity contribution in [1.29, 1.82) is 0 Å². The van der Waals surface area contributed by atoms with Gasteiger partial charge in [-0.05, 0) is 0 Å². The average Bonchev–Trinajstić information content (AvgIpc) is 2.98. The minimum absolute atomic E-state index is 0. The molecule has 0 atom stereocenters. The number of halogens is 2. The van der Waals surface area contributed by atoms with E-state index in [-0.39, 0.29) is 24.8 Å². The van der Waals surface area contributed by atoms with Crippen molar-refractivity contribution < 1.29 is 17.4 Å². The van der Waals surface area contributed by atoms with Crippen LogP contribution in [0.3, 0.4) is 0 Å². The van der Waals surface area contributed by atoms with Crippen LogP contribution in [-0.4, -0.2) is 6.88 Å². The van der Waals surface area contributed by atoms with E-state index in [9.17, 15) is 0 Å². The van der Waals surface area contributed by atoms with Crippen LogP contribution < -0.4 is 0 Å². The molecule has 2 aliphatic rings.